The van der Waals surface area contributed by atoms with Gasteiger partial charge in [0.05, 0.1) is 11.3 Å². The van der Waals surface area contributed by atoms with Gasteiger partial charge in [-0.1, -0.05) is 6.92 Å². The minimum absolute atomic E-state index is 0.212. The van der Waals surface area contributed by atoms with Crippen LogP contribution in [0.3, 0.4) is 0 Å². The average Bonchev–Trinajstić information content (AvgIpc) is 2.29. The molecule has 0 bridgehead atoms. The van der Waals surface area contributed by atoms with Crippen LogP contribution in [0.15, 0.2) is 0 Å². The standard InChI is InChI=1S/C13H22O4/c1-4-13(2,3)12(16)17-10-7-5-6-9(8-10)11(14)15/h9-10H,4-8H2,1-3H3,(H,14,15). The molecule has 0 aromatic rings. The van der Waals surface area contributed by atoms with Gasteiger partial charge in [0, 0.05) is 0 Å². The number of carboxylic acids is 1. The van der Waals surface area contributed by atoms with Crippen molar-refractivity contribution in [3.8, 4) is 0 Å². The molecule has 98 valence electrons. The molecule has 0 aromatic heterocycles. The SMILES string of the molecule is CCC(C)(C)C(=O)OC1CCCC(C(=O)O)C1. The smallest absolute Gasteiger partial charge is 0.311 e. The highest BCUT2D eigenvalue weighted by Gasteiger charge is 2.33. The van der Waals surface area contributed by atoms with E-state index in [0.29, 0.717) is 12.8 Å². The molecule has 17 heavy (non-hydrogen) atoms. The van der Waals surface area contributed by atoms with Crippen molar-refractivity contribution in [2.45, 2.75) is 59.0 Å². The Morgan fingerprint density at radius 3 is 2.53 bits per heavy atom. The normalized spacial score (nSPS) is 25.4. The van der Waals surface area contributed by atoms with E-state index < -0.39 is 11.4 Å². The molecule has 1 N–H and O–H groups in total. The van der Waals surface area contributed by atoms with Crippen molar-refractivity contribution < 1.29 is 19.4 Å². The van der Waals surface area contributed by atoms with Gasteiger partial charge < -0.3 is 9.84 Å². The fraction of sp³-hybridized carbons (Fsp3) is 0.846. The molecule has 2 unspecified atom stereocenters. The molecule has 2 atom stereocenters. The predicted molar refractivity (Wildman–Crippen MR) is 63.5 cm³/mol. The number of ether oxygens (including phenoxy) is 1. The predicted octanol–water partition coefficient (Wildman–Crippen LogP) is 2.61. The summed E-state index contributed by atoms with van der Waals surface area (Å²) in [5, 5.41) is 8.96. The molecule has 1 fully saturated rings. The summed E-state index contributed by atoms with van der Waals surface area (Å²) >= 11 is 0. The second-order valence-corrected chi connectivity index (χ2v) is 5.47. The molecule has 0 saturated heterocycles. The van der Waals surface area contributed by atoms with Crippen LogP contribution in [0.5, 0.6) is 0 Å². The zero-order valence-electron chi connectivity index (χ0n) is 10.9. The number of aliphatic carboxylic acids is 1. The maximum absolute atomic E-state index is 11.9. The van der Waals surface area contributed by atoms with Crippen molar-refractivity contribution in [2.75, 3.05) is 0 Å². The Morgan fingerprint density at radius 1 is 1.35 bits per heavy atom. The lowest BCUT2D eigenvalue weighted by atomic mass is 9.86. The van der Waals surface area contributed by atoms with Crippen LogP contribution in [0.4, 0.5) is 0 Å². The minimum atomic E-state index is -0.777. The highest BCUT2D eigenvalue weighted by Crippen LogP contribution is 2.29. The van der Waals surface area contributed by atoms with E-state index in [1.165, 1.54) is 0 Å². The fourth-order valence-corrected chi connectivity index (χ4v) is 1.93. The summed E-state index contributed by atoms with van der Waals surface area (Å²) in [6, 6.07) is 0. The first-order valence-electron chi connectivity index (χ1n) is 6.30. The van der Waals surface area contributed by atoms with Crippen LogP contribution in [-0.4, -0.2) is 23.1 Å². The summed E-state index contributed by atoms with van der Waals surface area (Å²) in [6.45, 7) is 5.65. The van der Waals surface area contributed by atoms with E-state index in [4.69, 9.17) is 9.84 Å². The second kappa shape index (κ2) is 5.52. The number of carboxylic acid groups (broad SMARTS) is 1. The van der Waals surface area contributed by atoms with Crippen molar-refractivity contribution in [2.24, 2.45) is 11.3 Å². The van der Waals surface area contributed by atoms with E-state index >= 15 is 0 Å². The first kappa shape index (κ1) is 14.0. The van der Waals surface area contributed by atoms with Crippen LogP contribution in [0.25, 0.3) is 0 Å². The Kier molecular flexibility index (Phi) is 4.54. The number of carbonyl (C=O) groups is 2. The molecule has 1 saturated carbocycles. The molecule has 0 heterocycles. The molecule has 1 aliphatic carbocycles. The summed E-state index contributed by atoms with van der Waals surface area (Å²) in [7, 11) is 0. The Hall–Kier alpha value is -1.06. The maximum Gasteiger partial charge on any atom is 0.311 e. The monoisotopic (exact) mass is 242 g/mol. The highest BCUT2D eigenvalue weighted by atomic mass is 16.5. The molecule has 1 rings (SSSR count). The number of carbonyl (C=O) groups excluding carboxylic acids is 1. The number of rotatable bonds is 4. The van der Waals surface area contributed by atoms with Crippen LogP contribution >= 0.6 is 0 Å². The fourth-order valence-electron chi connectivity index (χ4n) is 1.93. The van der Waals surface area contributed by atoms with Gasteiger partial charge >= 0.3 is 11.9 Å². The van der Waals surface area contributed by atoms with Gasteiger partial charge in [0.1, 0.15) is 6.10 Å². The van der Waals surface area contributed by atoms with E-state index in [0.717, 1.165) is 19.3 Å². The lowest BCUT2D eigenvalue weighted by Crippen LogP contribution is -2.34. The molecular formula is C13H22O4. The Balaban J connectivity index is 2.52. The Labute approximate surface area is 102 Å². The van der Waals surface area contributed by atoms with Crippen molar-refractivity contribution in [3.63, 3.8) is 0 Å². The Morgan fingerprint density at radius 2 is 2.00 bits per heavy atom. The third-order valence-electron chi connectivity index (χ3n) is 3.69. The van der Waals surface area contributed by atoms with E-state index in [1.54, 1.807) is 0 Å². The van der Waals surface area contributed by atoms with Gasteiger partial charge in [0.2, 0.25) is 0 Å². The molecular weight excluding hydrogens is 220 g/mol. The van der Waals surface area contributed by atoms with Gasteiger partial charge in [-0.05, 0) is 46.0 Å². The number of hydrogen-bond acceptors (Lipinski definition) is 3. The van der Waals surface area contributed by atoms with Gasteiger partial charge in [0.15, 0.2) is 0 Å². The van der Waals surface area contributed by atoms with E-state index in [1.807, 2.05) is 20.8 Å². The van der Waals surface area contributed by atoms with Crippen LogP contribution in [0.2, 0.25) is 0 Å². The van der Waals surface area contributed by atoms with Crippen LogP contribution in [0, 0.1) is 11.3 Å². The summed E-state index contributed by atoms with van der Waals surface area (Å²) in [6.07, 6.45) is 3.27. The summed E-state index contributed by atoms with van der Waals surface area (Å²) in [5.74, 6) is -1.34. The third kappa shape index (κ3) is 3.72. The number of hydrogen-bond donors (Lipinski definition) is 1. The molecule has 4 nitrogen and oxygen atoms in total. The number of esters is 1. The van der Waals surface area contributed by atoms with Crippen LogP contribution in [0.1, 0.15) is 52.9 Å². The first-order valence-corrected chi connectivity index (χ1v) is 6.30. The highest BCUT2D eigenvalue weighted by molar-refractivity contribution is 5.76. The summed E-state index contributed by atoms with van der Waals surface area (Å²) in [4.78, 5) is 22.8. The van der Waals surface area contributed by atoms with Gasteiger partial charge in [0.25, 0.3) is 0 Å². The zero-order chi connectivity index (χ0) is 13.1. The third-order valence-corrected chi connectivity index (χ3v) is 3.69. The van der Waals surface area contributed by atoms with Gasteiger partial charge in [-0.15, -0.1) is 0 Å². The average molecular weight is 242 g/mol. The largest absolute Gasteiger partial charge is 0.481 e. The lowest BCUT2D eigenvalue weighted by molar-refractivity contribution is -0.164. The molecule has 0 radical (unpaired) electrons. The van der Waals surface area contributed by atoms with Gasteiger partial charge in [-0.2, -0.15) is 0 Å². The van der Waals surface area contributed by atoms with Gasteiger partial charge in [-0.25, -0.2) is 0 Å². The van der Waals surface area contributed by atoms with Gasteiger partial charge in [-0.3, -0.25) is 9.59 Å². The van der Waals surface area contributed by atoms with Crippen molar-refractivity contribution in [3.05, 3.63) is 0 Å². The second-order valence-electron chi connectivity index (χ2n) is 5.47. The molecule has 0 spiro atoms. The lowest BCUT2D eigenvalue weighted by Gasteiger charge is -2.29. The van der Waals surface area contributed by atoms with E-state index in [9.17, 15) is 9.59 Å². The van der Waals surface area contributed by atoms with E-state index in [2.05, 4.69) is 0 Å². The maximum atomic E-state index is 11.9. The van der Waals surface area contributed by atoms with Crippen LogP contribution in [-0.2, 0) is 14.3 Å². The minimum Gasteiger partial charge on any atom is -0.481 e. The van der Waals surface area contributed by atoms with Crippen molar-refractivity contribution in [1.29, 1.82) is 0 Å². The molecule has 1 aliphatic rings. The quantitative estimate of drug-likeness (QED) is 0.770. The van der Waals surface area contributed by atoms with Crippen molar-refractivity contribution in [1.82, 2.24) is 0 Å². The van der Waals surface area contributed by atoms with Crippen LogP contribution < -0.4 is 0 Å². The zero-order valence-corrected chi connectivity index (χ0v) is 10.9. The van der Waals surface area contributed by atoms with Crippen molar-refractivity contribution >= 4 is 11.9 Å². The first-order chi connectivity index (χ1) is 7.86. The summed E-state index contributed by atoms with van der Waals surface area (Å²) < 4.78 is 5.43. The molecule has 0 aromatic carbocycles. The van der Waals surface area contributed by atoms with E-state index in [-0.39, 0.29) is 18.0 Å². The Bertz CT molecular complexity index is 296. The topological polar surface area (TPSA) is 63.6 Å². The molecule has 0 amide bonds. The molecule has 4 heteroatoms. The summed E-state index contributed by atoms with van der Waals surface area (Å²) in [5.41, 5.74) is -0.476. The molecule has 0 aliphatic heterocycles.